The quantitative estimate of drug-likeness (QED) is 0.737. The van der Waals surface area contributed by atoms with Gasteiger partial charge in [0.25, 0.3) is 0 Å². The number of aromatic nitrogens is 3. The van der Waals surface area contributed by atoms with Gasteiger partial charge in [0.05, 0.1) is 17.1 Å². The van der Waals surface area contributed by atoms with Crippen LogP contribution in [0.2, 0.25) is 0 Å². The predicted octanol–water partition coefficient (Wildman–Crippen LogP) is 4.22. The first-order valence-electron chi connectivity index (χ1n) is 9.44. The first-order valence-corrected chi connectivity index (χ1v) is 10.3. The van der Waals surface area contributed by atoms with Crippen molar-refractivity contribution in [1.29, 1.82) is 0 Å². The molecule has 6 nitrogen and oxygen atoms in total. The number of nitrogens with one attached hydrogen (secondary N) is 1. The second kappa shape index (κ2) is 7.31. The number of benzene rings is 1. The Hall–Kier alpha value is -2.41. The normalized spacial score (nSPS) is 16.6. The molecule has 2 aromatic heterocycles. The number of hydrogen-bond acceptors (Lipinski definition) is 4. The maximum atomic E-state index is 12.6. The van der Waals surface area contributed by atoms with Gasteiger partial charge < -0.3 is 14.8 Å². The average molecular weight is 384 g/mol. The second-order valence-electron chi connectivity index (χ2n) is 7.23. The van der Waals surface area contributed by atoms with E-state index in [-0.39, 0.29) is 12.1 Å². The molecule has 1 aliphatic heterocycles. The number of carbonyl (C=O) groups excluding carboxylic acids is 1. The van der Waals surface area contributed by atoms with Crippen molar-refractivity contribution in [1.82, 2.24) is 24.8 Å². The highest BCUT2D eigenvalue weighted by atomic mass is 32.1. The molecule has 1 atom stereocenters. The van der Waals surface area contributed by atoms with E-state index in [4.69, 9.17) is 0 Å². The molecule has 27 heavy (non-hydrogen) atoms. The average Bonchev–Trinajstić information content (AvgIpc) is 3.24. The van der Waals surface area contributed by atoms with Crippen molar-refractivity contribution >= 4 is 28.4 Å². The molecule has 142 valence electrons. The van der Waals surface area contributed by atoms with Crippen LogP contribution in [0.15, 0.2) is 29.6 Å². The van der Waals surface area contributed by atoms with E-state index >= 15 is 0 Å². The van der Waals surface area contributed by atoms with Gasteiger partial charge in [0, 0.05) is 30.2 Å². The number of rotatable bonds is 3. The number of para-hydroxylation sites is 2. The van der Waals surface area contributed by atoms with E-state index in [0.29, 0.717) is 6.04 Å². The fourth-order valence-corrected chi connectivity index (χ4v) is 4.67. The van der Waals surface area contributed by atoms with Gasteiger partial charge in [0.1, 0.15) is 10.8 Å². The second-order valence-corrected chi connectivity index (χ2v) is 8.12. The van der Waals surface area contributed by atoms with Gasteiger partial charge in [-0.05, 0) is 45.7 Å². The van der Waals surface area contributed by atoms with Crippen molar-refractivity contribution in [2.75, 3.05) is 13.1 Å². The lowest BCUT2D eigenvalue weighted by Gasteiger charge is -2.34. The van der Waals surface area contributed by atoms with Crippen LogP contribution in [0.3, 0.4) is 0 Å². The number of thiazole rings is 1. The molecule has 0 saturated carbocycles. The summed E-state index contributed by atoms with van der Waals surface area (Å²) in [7, 11) is 0. The third kappa shape index (κ3) is 3.56. The summed E-state index contributed by atoms with van der Waals surface area (Å²) >= 11 is 1.59. The number of amides is 2. The largest absolute Gasteiger partial charge is 0.329 e. The summed E-state index contributed by atoms with van der Waals surface area (Å²) in [4.78, 5) is 23.7. The Morgan fingerprint density at radius 1 is 1.22 bits per heavy atom. The third-order valence-electron chi connectivity index (χ3n) is 5.24. The maximum Gasteiger partial charge on any atom is 0.317 e. The summed E-state index contributed by atoms with van der Waals surface area (Å²) in [5, 5.41) is 6.06. The van der Waals surface area contributed by atoms with E-state index in [9.17, 15) is 4.79 Å². The van der Waals surface area contributed by atoms with Crippen LogP contribution >= 0.6 is 11.3 Å². The lowest BCUT2D eigenvalue weighted by molar-refractivity contribution is 0.169. The first-order chi connectivity index (χ1) is 13.0. The maximum absolute atomic E-state index is 12.6. The van der Waals surface area contributed by atoms with Crippen LogP contribution in [-0.2, 0) is 0 Å². The fourth-order valence-electron chi connectivity index (χ4n) is 3.86. The molecule has 3 aromatic rings. The van der Waals surface area contributed by atoms with Gasteiger partial charge in [-0.2, -0.15) is 0 Å². The molecule has 1 fully saturated rings. The zero-order valence-corrected chi connectivity index (χ0v) is 16.8. The standard InChI is InChI=1S/C20H25N5OS/c1-13-12-27-19(21-13)14(2)22-20(26)24-10-8-16(9-11-24)25-15(3)23-17-6-4-5-7-18(17)25/h4-7,12,14,16H,8-11H2,1-3H3,(H,22,26). The highest BCUT2D eigenvalue weighted by Gasteiger charge is 2.26. The van der Waals surface area contributed by atoms with Gasteiger partial charge in [-0.15, -0.1) is 11.3 Å². The molecule has 4 rings (SSSR count). The number of urea groups is 1. The Morgan fingerprint density at radius 2 is 1.96 bits per heavy atom. The van der Waals surface area contributed by atoms with E-state index < -0.39 is 0 Å². The minimum atomic E-state index is -0.0613. The molecule has 0 radical (unpaired) electrons. The van der Waals surface area contributed by atoms with Gasteiger partial charge in [-0.3, -0.25) is 0 Å². The van der Waals surface area contributed by atoms with Crippen LogP contribution in [0.1, 0.15) is 48.4 Å². The Kier molecular flexibility index (Phi) is 4.86. The molecule has 0 spiro atoms. The Labute approximate surface area is 163 Å². The van der Waals surface area contributed by atoms with E-state index in [2.05, 4.69) is 45.0 Å². The summed E-state index contributed by atoms with van der Waals surface area (Å²) in [5.74, 6) is 1.05. The van der Waals surface area contributed by atoms with E-state index in [1.54, 1.807) is 11.3 Å². The molecule has 3 heterocycles. The van der Waals surface area contributed by atoms with Gasteiger partial charge in [0.15, 0.2) is 0 Å². The summed E-state index contributed by atoms with van der Waals surface area (Å²) in [6, 6.07) is 8.60. The van der Waals surface area contributed by atoms with Gasteiger partial charge >= 0.3 is 6.03 Å². The van der Waals surface area contributed by atoms with Crippen LogP contribution in [-0.4, -0.2) is 38.6 Å². The van der Waals surface area contributed by atoms with Crippen molar-refractivity contribution in [3.8, 4) is 0 Å². The molecular weight excluding hydrogens is 358 g/mol. The number of hydrogen-bond donors (Lipinski definition) is 1. The monoisotopic (exact) mass is 383 g/mol. The molecule has 7 heteroatoms. The number of fused-ring (bicyclic) bond motifs is 1. The molecule has 1 aromatic carbocycles. The zero-order valence-electron chi connectivity index (χ0n) is 16.0. The van der Waals surface area contributed by atoms with E-state index in [1.165, 1.54) is 5.52 Å². The fraction of sp³-hybridized carbons (Fsp3) is 0.450. The van der Waals surface area contributed by atoms with Gasteiger partial charge in [-0.25, -0.2) is 14.8 Å². The van der Waals surface area contributed by atoms with Crippen molar-refractivity contribution in [3.05, 3.63) is 46.2 Å². The molecule has 1 aliphatic rings. The van der Waals surface area contributed by atoms with Crippen molar-refractivity contribution in [2.45, 2.75) is 45.7 Å². The molecule has 2 amide bonds. The lowest BCUT2D eigenvalue weighted by Crippen LogP contribution is -2.45. The predicted molar refractivity (Wildman–Crippen MR) is 108 cm³/mol. The summed E-state index contributed by atoms with van der Waals surface area (Å²) in [6.45, 7) is 7.54. The summed E-state index contributed by atoms with van der Waals surface area (Å²) < 4.78 is 2.34. The third-order valence-corrected chi connectivity index (χ3v) is 6.38. The van der Waals surface area contributed by atoms with E-state index in [1.807, 2.05) is 30.2 Å². The van der Waals surface area contributed by atoms with Crippen LogP contribution in [0, 0.1) is 13.8 Å². The van der Waals surface area contributed by atoms with Crippen LogP contribution < -0.4 is 5.32 Å². The van der Waals surface area contributed by atoms with Crippen LogP contribution in [0.25, 0.3) is 11.0 Å². The molecule has 0 bridgehead atoms. The lowest BCUT2D eigenvalue weighted by atomic mass is 10.0. The highest BCUT2D eigenvalue weighted by molar-refractivity contribution is 7.09. The molecule has 1 unspecified atom stereocenters. The van der Waals surface area contributed by atoms with Crippen LogP contribution in [0.5, 0.6) is 0 Å². The van der Waals surface area contributed by atoms with Crippen molar-refractivity contribution < 1.29 is 4.79 Å². The zero-order chi connectivity index (χ0) is 19.0. The topological polar surface area (TPSA) is 63.1 Å². The minimum absolute atomic E-state index is 0.000939. The van der Waals surface area contributed by atoms with Gasteiger partial charge in [0.2, 0.25) is 0 Å². The Bertz CT molecular complexity index is 954. The number of nitrogens with zero attached hydrogens (tertiary/aromatic N) is 4. The summed E-state index contributed by atoms with van der Waals surface area (Å²) in [5.41, 5.74) is 3.23. The molecule has 1 saturated heterocycles. The Morgan fingerprint density at radius 3 is 2.67 bits per heavy atom. The Balaban J connectivity index is 1.39. The summed E-state index contributed by atoms with van der Waals surface area (Å²) in [6.07, 6.45) is 1.89. The highest BCUT2D eigenvalue weighted by Crippen LogP contribution is 2.29. The number of likely N-dealkylation sites (tertiary alicyclic amines) is 1. The number of imidazole rings is 1. The van der Waals surface area contributed by atoms with Gasteiger partial charge in [-0.1, -0.05) is 12.1 Å². The SMILES string of the molecule is Cc1csc(C(C)NC(=O)N2CCC(n3c(C)nc4ccccc43)CC2)n1. The smallest absolute Gasteiger partial charge is 0.317 e. The molecular formula is C20H25N5OS. The number of aryl methyl sites for hydroxylation is 2. The van der Waals surface area contributed by atoms with Crippen molar-refractivity contribution in [2.24, 2.45) is 0 Å². The molecule has 0 aliphatic carbocycles. The van der Waals surface area contributed by atoms with Crippen LogP contribution in [0.4, 0.5) is 4.79 Å². The first kappa shape index (κ1) is 18.0. The van der Waals surface area contributed by atoms with Crippen molar-refractivity contribution in [3.63, 3.8) is 0 Å². The van der Waals surface area contributed by atoms with E-state index in [0.717, 1.165) is 48.0 Å². The number of piperidine rings is 1. The minimum Gasteiger partial charge on any atom is -0.329 e. The number of carbonyl (C=O) groups is 1. The molecule has 1 N–H and O–H groups in total.